The molecule has 0 heterocycles. The quantitative estimate of drug-likeness (QED) is 0.594. The Bertz CT molecular complexity index is 517. The average Bonchev–Trinajstić information content (AvgIpc) is 2.37. The van der Waals surface area contributed by atoms with Gasteiger partial charge in [0, 0.05) is 23.9 Å². The van der Waals surface area contributed by atoms with Gasteiger partial charge in [-0.2, -0.15) is 0 Å². The molecule has 0 fully saturated rings. The fraction of sp³-hybridized carbons (Fsp3) is 0.500. The van der Waals surface area contributed by atoms with Crippen LogP contribution in [0.1, 0.15) is 27.7 Å². The van der Waals surface area contributed by atoms with Gasteiger partial charge in [0.2, 0.25) is 5.91 Å². The van der Waals surface area contributed by atoms with Crippen LogP contribution in [0.4, 0.5) is 11.4 Å². The molecule has 0 radical (unpaired) electrons. The lowest BCUT2D eigenvalue weighted by atomic mass is 10.2. The predicted molar refractivity (Wildman–Crippen MR) is 80.6 cm³/mol. The van der Waals surface area contributed by atoms with Crippen molar-refractivity contribution < 1.29 is 14.5 Å². The molecule has 7 heteroatoms. The van der Waals surface area contributed by atoms with Gasteiger partial charge in [-0.1, -0.05) is 0 Å². The zero-order chi connectivity index (χ0) is 16.0. The molecule has 0 bridgehead atoms. The third-order valence-electron chi connectivity index (χ3n) is 2.62. The molecule has 0 aliphatic rings. The number of rotatable bonds is 7. The standard InChI is InChI=1S/C14H21N3O4/c1-5-21-13-7-11(6-12(8-13)17(19)20)16-10(4)14(18)15-9(2)3/h6-10,16H,5H2,1-4H3,(H,15,18). The van der Waals surface area contributed by atoms with Gasteiger partial charge in [0.15, 0.2) is 0 Å². The number of carbonyl (C=O) groups excluding carboxylic acids is 1. The van der Waals surface area contributed by atoms with Crippen molar-refractivity contribution in [3.8, 4) is 5.75 Å². The van der Waals surface area contributed by atoms with E-state index in [0.29, 0.717) is 18.0 Å². The second-order valence-electron chi connectivity index (χ2n) is 4.94. The summed E-state index contributed by atoms with van der Waals surface area (Å²) in [4.78, 5) is 22.3. The normalized spacial score (nSPS) is 11.9. The molecule has 21 heavy (non-hydrogen) atoms. The molecule has 0 saturated carbocycles. The Morgan fingerprint density at radius 1 is 1.33 bits per heavy atom. The van der Waals surface area contributed by atoms with E-state index in [2.05, 4.69) is 10.6 Å². The van der Waals surface area contributed by atoms with E-state index in [1.54, 1.807) is 19.9 Å². The van der Waals surface area contributed by atoms with Crippen LogP contribution >= 0.6 is 0 Å². The fourth-order valence-electron chi connectivity index (χ4n) is 1.75. The Morgan fingerprint density at radius 3 is 2.52 bits per heavy atom. The highest BCUT2D eigenvalue weighted by Crippen LogP contribution is 2.26. The van der Waals surface area contributed by atoms with Crippen molar-refractivity contribution in [3.05, 3.63) is 28.3 Å². The fourth-order valence-corrected chi connectivity index (χ4v) is 1.75. The molecule has 0 saturated heterocycles. The lowest BCUT2D eigenvalue weighted by Gasteiger charge is -2.17. The SMILES string of the molecule is CCOc1cc(NC(C)C(=O)NC(C)C)cc([N+](=O)[O-])c1. The number of amides is 1. The van der Waals surface area contributed by atoms with Crippen LogP contribution in [-0.4, -0.2) is 29.5 Å². The van der Waals surface area contributed by atoms with E-state index in [9.17, 15) is 14.9 Å². The van der Waals surface area contributed by atoms with E-state index in [1.807, 2.05) is 13.8 Å². The summed E-state index contributed by atoms with van der Waals surface area (Å²) in [5.41, 5.74) is 0.388. The first-order valence-corrected chi connectivity index (χ1v) is 6.82. The number of hydrogen-bond donors (Lipinski definition) is 2. The number of nitrogens with one attached hydrogen (secondary N) is 2. The Morgan fingerprint density at radius 2 is 2.00 bits per heavy atom. The number of non-ortho nitro benzene ring substituents is 1. The maximum Gasteiger partial charge on any atom is 0.275 e. The summed E-state index contributed by atoms with van der Waals surface area (Å²) in [5, 5.41) is 16.6. The van der Waals surface area contributed by atoms with E-state index in [0.717, 1.165) is 0 Å². The number of nitro benzene ring substituents is 1. The molecular weight excluding hydrogens is 274 g/mol. The van der Waals surface area contributed by atoms with E-state index in [1.165, 1.54) is 12.1 Å². The van der Waals surface area contributed by atoms with Gasteiger partial charge < -0.3 is 15.4 Å². The lowest BCUT2D eigenvalue weighted by Crippen LogP contribution is -2.40. The molecule has 1 unspecified atom stereocenters. The molecular formula is C14H21N3O4. The summed E-state index contributed by atoms with van der Waals surface area (Å²) >= 11 is 0. The van der Waals surface area contributed by atoms with Crippen molar-refractivity contribution in [1.29, 1.82) is 0 Å². The number of ether oxygens (including phenoxy) is 1. The molecule has 0 spiro atoms. The Hall–Kier alpha value is -2.31. The second kappa shape index (κ2) is 7.47. The summed E-state index contributed by atoms with van der Waals surface area (Å²) in [6, 6.07) is 3.89. The molecule has 1 amide bonds. The molecule has 1 rings (SSSR count). The number of nitro groups is 1. The topological polar surface area (TPSA) is 93.5 Å². The van der Waals surface area contributed by atoms with Gasteiger partial charge in [0.25, 0.3) is 5.69 Å². The smallest absolute Gasteiger partial charge is 0.275 e. The summed E-state index contributed by atoms with van der Waals surface area (Å²) in [6.45, 7) is 7.63. The van der Waals surface area contributed by atoms with Gasteiger partial charge in [-0.15, -0.1) is 0 Å². The summed E-state index contributed by atoms with van der Waals surface area (Å²) in [7, 11) is 0. The van der Waals surface area contributed by atoms with Crippen LogP contribution in [0.15, 0.2) is 18.2 Å². The summed E-state index contributed by atoms with van der Waals surface area (Å²) in [5.74, 6) is 0.222. The highest BCUT2D eigenvalue weighted by Gasteiger charge is 2.16. The Kier molecular flexibility index (Phi) is 5.95. The maximum absolute atomic E-state index is 11.8. The number of nitrogens with zero attached hydrogens (tertiary/aromatic N) is 1. The van der Waals surface area contributed by atoms with Gasteiger partial charge in [0.1, 0.15) is 11.8 Å². The van der Waals surface area contributed by atoms with Crippen LogP contribution < -0.4 is 15.4 Å². The van der Waals surface area contributed by atoms with E-state index in [-0.39, 0.29) is 17.6 Å². The van der Waals surface area contributed by atoms with Crippen molar-refractivity contribution >= 4 is 17.3 Å². The monoisotopic (exact) mass is 295 g/mol. The van der Waals surface area contributed by atoms with Crippen LogP contribution in [0.2, 0.25) is 0 Å². The van der Waals surface area contributed by atoms with Crippen molar-refractivity contribution in [3.63, 3.8) is 0 Å². The summed E-state index contributed by atoms with van der Waals surface area (Å²) < 4.78 is 5.30. The van der Waals surface area contributed by atoms with Gasteiger partial charge in [-0.05, 0) is 27.7 Å². The molecule has 1 aromatic rings. The van der Waals surface area contributed by atoms with E-state index >= 15 is 0 Å². The maximum atomic E-state index is 11.8. The van der Waals surface area contributed by atoms with Gasteiger partial charge in [-0.25, -0.2) is 0 Å². The predicted octanol–water partition coefficient (Wildman–Crippen LogP) is 2.32. The molecule has 0 aliphatic heterocycles. The highest BCUT2D eigenvalue weighted by atomic mass is 16.6. The van der Waals surface area contributed by atoms with Crippen LogP contribution in [0.3, 0.4) is 0 Å². The zero-order valence-electron chi connectivity index (χ0n) is 12.7. The number of benzene rings is 1. The largest absolute Gasteiger partial charge is 0.494 e. The van der Waals surface area contributed by atoms with Crippen LogP contribution in [0.25, 0.3) is 0 Å². The lowest BCUT2D eigenvalue weighted by molar-refractivity contribution is -0.384. The molecule has 7 nitrogen and oxygen atoms in total. The second-order valence-corrected chi connectivity index (χ2v) is 4.94. The first-order valence-electron chi connectivity index (χ1n) is 6.82. The van der Waals surface area contributed by atoms with Crippen molar-refractivity contribution in [2.75, 3.05) is 11.9 Å². The third-order valence-corrected chi connectivity index (χ3v) is 2.62. The first kappa shape index (κ1) is 16.7. The minimum Gasteiger partial charge on any atom is -0.494 e. The van der Waals surface area contributed by atoms with Crippen molar-refractivity contribution in [2.45, 2.75) is 39.8 Å². The Balaban J connectivity index is 2.91. The molecule has 0 aliphatic carbocycles. The average molecular weight is 295 g/mol. The minimum atomic E-state index is -0.510. The number of anilines is 1. The van der Waals surface area contributed by atoms with Crippen molar-refractivity contribution in [2.24, 2.45) is 0 Å². The van der Waals surface area contributed by atoms with Crippen molar-refractivity contribution in [1.82, 2.24) is 5.32 Å². The molecule has 0 aromatic heterocycles. The van der Waals surface area contributed by atoms with Gasteiger partial charge in [-0.3, -0.25) is 14.9 Å². The first-order chi connectivity index (χ1) is 9.83. The van der Waals surface area contributed by atoms with Crippen LogP contribution in [-0.2, 0) is 4.79 Å². The van der Waals surface area contributed by atoms with E-state index < -0.39 is 11.0 Å². The van der Waals surface area contributed by atoms with Gasteiger partial charge >= 0.3 is 0 Å². The Labute approximate surface area is 123 Å². The third kappa shape index (κ3) is 5.29. The number of hydrogen-bond acceptors (Lipinski definition) is 5. The molecule has 2 N–H and O–H groups in total. The minimum absolute atomic E-state index is 0.0332. The highest BCUT2D eigenvalue weighted by molar-refractivity contribution is 5.84. The van der Waals surface area contributed by atoms with E-state index in [4.69, 9.17) is 4.74 Å². The van der Waals surface area contributed by atoms with Crippen LogP contribution in [0, 0.1) is 10.1 Å². The molecule has 1 atom stereocenters. The number of carbonyl (C=O) groups is 1. The van der Waals surface area contributed by atoms with Gasteiger partial charge in [0.05, 0.1) is 17.6 Å². The molecule has 116 valence electrons. The van der Waals surface area contributed by atoms with Crippen LogP contribution in [0.5, 0.6) is 5.75 Å². The molecule has 1 aromatic carbocycles. The zero-order valence-corrected chi connectivity index (χ0v) is 12.7. The summed E-state index contributed by atoms with van der Waals surface area (Å²) in [6.07, 6.45) is 0.